The molecule has 732 valence electrons. The molecule has 18 rings (SSSR count). The maximum atomic E-state index is 13.1. The van der Waals surface area contributed by atoms with Gasteiger partial charge in [0, 0.05) is 110 Å². The van der Waals surface area contributed by atoms with Gasteiger partial charge in [0.25, 0.3) is 0 Å². The summed E-state index contributed by atoms with van der Waals surface area (Å²) in [6.07, 6.45) is 0.245. The summed E-state index contributed by atoms with van der Waals surface area (Å²) in [7, 11) is 1.59. The topological polar surface area (TPSA) is 178 Å². The fourth-order valence-corrected chi connectivity index (χ4v) is 17.7. The van der Waals surface area contributed by atoms with Crippen molar-refractivity contribution in [1.82, 2.24) is 33.7 Å². The van der Waals surface area contributed by atoms with Gasteiger partial charge >= 0.3 is 5.97 Å². The molecule has 13 aromatic carbocycles. The number of esters is 1. The number of hydrogen-bond acceptors (Lipinski definition) is 10. The second-order valence-electron chi connectivity index (χ2n) is 37.5. The number of nitrogens with zero attached hydrogens (tertiary/aromatic N) is 6. The van der Waals surface area contributed by atoms with Crippen LogP contribution < -0.4 is 20.5 Å². The van der Waals surface area contributed by atoms with Gasteiger partial charge in [-0.1, -0.05) is 302 Å². The number of H-pyrrole nitrogens is 1. The highest BCUT2D eigenvalue weighted by Gasteiger charge is 2.27. The summed E-state index contributed by atoms with van der Waals surface area (Å²) in [5.74, 6) is 3.30. The smallest absolute Gasteiger partial charge is 0.310 e. The molecule has 0 radical (unpaired) electrons. The zero-order valence-corrected chi connectivity index (χ0v) is 88.8. The molecule has 19 heteroatoms. The standard InChI is InChI=1S/C24H22N2.C23H24ClNO4.C17H18N2O.C16H16BrNO.C15H14ClN.C15H18ClN.C13H19N/c1-18(2)24-22(19-12-6-3-7-13-19)23(20-14-8-4-9-15-20)25-26(24)21-16-10-5-11-17-21;1-14(2)29-23(27)13-19-15(3)25(21-10-9-18(28-4)12-20(19)21)22(26)11-16-5-7-17(24)8-6-16;1-13(2)20-17-15-10-6-7-11-16(15)19(18-17)12-14-8-4-3-5-9-14;1-10(2)13-4-3-5-14(15(13)18)16(19)11-6-8-12(17)9-7-11;1-9(2)10-3-5-12-13-8-11(16)4-6-14(13)17-15(12)7-10;1-10(2)15-9-11(3)17(12(15)4)14-7-5-13(16)6-8-14;1-10(2)9-14-13-7-5-12(6-8-13)11(3)4/h3-18H,1-2H3;5-10,12,14H,11,13H2,1-4H3;3-11,13H,12H2,1-2H3;3-10H,18H2,1-2H3;3-9,17H,1-2H3;5-10H,1-4H3;5-8,11,14H,1,9H2,2-4H3. The third-order valence-corrected chi connectivity index (χ3v) is 25.5. The van der Waals surface area contributed by atoms with Crippen LogP contribution in [-0.2, 0) is 28.9 Å². The van der Waals surface area contributed by atoms with Crippen molar-refractivity contribution >= 4 is 123 Å². The fourth-order valence-electron chi connectivity index (χ4n) is 17.0. The lowest BCUT2D eigenvalue weighted by atomic mass is 9.94. The number of rotatable bonds is 24. The quantitative estimate of drug-likeness (QED) is 0.0228. The van der Waals surface area contributed by atoms with Crippen LogP contribution in [0.3, 0.4) is 0 Å². The number of nitrogen functional groups attached to an aromatic ring is 1. The molecule has 4 N–H and O–H groups in total. The average molecular weight is 2020 g/mol. The minimum Gasteiger partial charge on any atom is -0.497 e. The van der Waals surface area contributed by atoms with Crippen LogP contribution in [0, 0.1) is 20.8 Å². The molecule has 0 saturated carbocycles. The molecule has 0 amide bonds. The van der Waals surface area contributed by atoms with Crippen molar-refractivity contribution in [2.45, 2.75) is 186 Å². The van der Waals surface area contributed by atoms with Crippen LogP contribution in [-0.4, -0.2) is 77.2 Å². The lowest BCUT2D eigenvalue weighted by Gasteiger charge is -2.13. The number of methoxy groups -OCH3 is 1. The molecule has 0 saturated heterocycles. The Labute approximate surface area is 861 Å². The third-order valence-electron chi connectivity index (χ3n) is 24.2. The highest BCUT2D eigenvalue weighted by atomic mass is 79.9. The Morgan fingerprint density at radius 1 is 0.486 bits per heavy atom. The molecule has 0 bridgehead atoms. The number of aromatic nitrogens is 7. The number of carbonyl (C=O) groups excluding carboxylic acids is 3. The molecule has 15 nitrogen and oxygen atoms in total. The molecular weight excluding hydrogens is 1890 g/mol. The number of carbonyl (C=O) groups is 3. The monoisotopic (exact) mass is 2010 g/mol. The Kier molecular flexibility index (Phi) is 38.2. The fraction of sp³-hybridized carbons (Fsp3) is 0.244. The maximum Gasteiger partial charge on any atom is 0.310 e. The van der Waals surface area contributed by atoms with E-state index in [1.807, 2.05) is 174 Å². The molecular formula is C123H131BrCl3N9O6. The Bertz CT molecular complexity index is 7240. The summed E-state index contributed by atoms with van der Waals surface area (Å²) >= 11 is 21.3. The van der Waals surface area contributed by atoms with Gasteiger partial charge in [-0.25, -0.2) is 4.68 Å². The van der Waals surface area contributed by atoms with Gasteiger partial charge in [-0.3, -0.25) is 23.6 Å². The lowest BCUT2D eigenvalue weighted by Crippen LogP contribution is -2.17. The second-order valence-corrected chi connectivity index (χ2v) is 39.7. The van der Waals surface area contributed by atoms with E-state index in [1.165, 1.54) is 72.4 Å². The van der Waals surface area contributed by atoms with Gasteiger partial charge in [0.15, 0.2) is 5.78 Å². The number of benzene rings is 13. The Morgan fingerprint density at radius 3 is 1.65 bits per heavy atom. The van der Waals surface area contributed by atoms with E-state index in [0.717, 1.165) is 106 Å². The average Bonchev–Trinajstić information content (AvgIpc) is 1.61. The molecule has 5 heterocycles. The van der Waals surface area contributed by atoms with Gasteiger partial charge in [0.1, 0.15) is 11.4 Å². The number of ketones is 1. The zero-order chi connectivity index (χ0) is 102. The first-order valence-electron chi connectivity index (χ1n) is 48.5. The Balaban J connectivity index is 0.000000150. The highest BCUT2D eigenvalue weighted by molar-refractivity contribution is 9.10. The molecule has 0 aliphatic heterocycles. The van der Waals surface area contributed by atoms with Crippen molar-refractivity contribution in [2.75, 3.05) is 24.7 Å². The molecule has 18 aromatic rings. The first-order chi connectivity index (χ1) is 68.0. The second kappa shape index (κ2) is 50.6. The van der Waals surface area contributed by atoms with E-state index in [9.17, 15) is 14.4 Å². The highest BCUT2D eigenvalue weighted by Crippen LogP contribution is 2.41. The molecule has 0 unspecified atom stereocenters. The van der Waals surface area contributed by atoms with Crippen LogP contribution in [0.1, 0.15) is 216 Å². The van der Waals surface area contributed by atoms with E-state index in [1.54, 1.807) is 42.0 Å². The first kappa shape index (κ1) is 107. The van der Waals surface area contributed by atoms with Gasteiger partial charge in [0.05, 0.1) is 66.5 Å². The van der Waals surface area contributed by atoms with E-state index in [4.69, 9.17) is 59.8 Å². The number of aromatic amines is 1. The molecule has 0 fully saturated rings. The summed E-state index contributed by atoms with van der Waals surface area (Å²) in [5.41, 5.74) is 33.9. The van der Waals surface area contributed by atoms with E-state index in [0.29, 0.717) is 63.1 Å². The van der Waals surface area contributed by atoms with Crippen LogP contribution >= 0.6 is 50.7 Å². The number of para-hydroxylation sites is 3. The number of fused-ring (bicyclic) bond motifs is 5. The van der Waals surface area contributed by atoms with E-state index < -0.39 is 0 Å². The molecule has 142 heavy (non-hydrogen) atoms. The maximum absolute atomic E-state index is 13.1. The van der Waals surface area contributed by atoms with Crippen LogP contribution in [0.5, 0.6) is 11.6 Å². The summed E-state index contributed by atoms with van der Waals surface area (Å²) in [6.45, 7) is 43.2. The molecule has 0 aliphatic carbocycles. The van der Waals surface area contributed by atoms with E-state index in [2.05, 4.69) is 294 Å². The van der Waals surface area contributed by atoms with Crippen molar-refractivity contribution in [1.29, 1.82) is 0 Å². The molecule has 0 spiro atoms. The molecule has 0 atom stereocenters. The minimum atomic E-state index is -0.324. The summed E-state index contributed by atoms with van der Waals surface area (Å²) in [5, 5.41) is 19.5. The summed E-state index contributed by atoms with van der Waals surface area (Å²) in [6, 6.07) is 107. The number of hydrogen-bond donors (Lipinski definition) is 3. The van der Waals surface area contributed by atoms with Crippen molar-refractivity contribution in [3.63, 3.8) is 0 Å². The lowest BCUT2D eigenvalue weighted by molar-refractivity contribution is -0.146. The SMILES string of the molecule is C=C(C)CNc1ccc(C(C)C)cc1.CC(C)Oc1nn(Cc2ccccc2)c2ccccc12.CC(C)c1c(-c2ccccc2)c(-c2ccccc2)nn1-c1ccccc1.CC(C)c1ccc2c(c1)[nH]c1ccc(Cl)cc12.CC(C)c1cccc(C(=O)c2ccc(Br)cc2)c1N.COc1ccc2c(c1)c(CC(=O)OC(C)C)c(C)n2C(=O)Cc1ccc(Cl)cc1.Cc1cc(C(C)C)c(C)n1-c1ccc(Cl)cc1. The van der Waals surface area contributed by atoms with Gasteiger partial charge in [0.2, 0.25) is 11.8 Å². The number of nitrogens with one attached hydrogen (secondary N) is 2. The molecule has 0 aliphatic rings. The van der Waals surface area contributed by atoms with E-state index in [-0.39, 0.29) is 42.7 Å². The predicted molar refractivity (Wildman–Crippen MR) is 599 cm³/mol. The van der Waals surface area contributed by atoms with Crippen molar-refractivity contribution in [2.24, 2.45) is 0 Å². The third kappa shape index (κ3) is 28.2. The normalized spacial score (nSPS) is 11.1. The van der Waals surface area contributed by atoms with Crippen molar-refractivity contribution in [3.8, 4) is 45.4 Å². The number of aryl methyl sites for hydroxylation is 1. The Hall–Kier alpha value is -13.7. The Morgan fingerprint density at radius 2 is 1.07 bits per heavy atom. The van der Waals surface area contributed by atoms with Crippen LogP contribution in [0.25, 0.3) is 77.4 Å². The van der Waals surface area contributed by atoms with Gasteiger partial charge in [-0.15, -0.1) is 5.10 Å². The minimum absolute atomic E-state index is 0.0347. The van der Waals surface area contributed by atoms with Crippen LogP contribution in [0.15, 0.2) is 338 Å². The van der Waals surface area contributed by atoms with Gasteiger partial charge < -0.3 is 34.8 Å². The zero-order valence-electron chi connectivity index (χ0n) is 84.9. The summed E-state index contributed by atoms with van der Waals surface area (Å²) < 4.78 is 25.5. The number of anilines is 2. The number of ether oxygens (including phenoxy) is 3. The largest absolute Gasteiger partial charge is 0.497 e. The van der Waals surface area contributed by atoms with Crippen LogP contribution in [0.2, 0.25) is 15.1 Å². The molecule has 5 aromatic heterocycles. The summed E-state index contributed by atoms with van der Waals surface area (Å²) in [4.78, 5) is 41.4. The van der Waals surface area contributed by atoms with Gasteiger partial charge in [-0.2, -0.15) is 5.10 Å². The van der Waals surface area contributed by atoms with E-state index >= 15 is 0 Å². The van der Waals surface area contributed by atoms with Crippen molar-refractivity contribution in [3.05, 3.63) is 426 Å². The number of halogens is 4. The van der Waals surface area contributed by atoms with Crippen LogP contribution in [0.4, 0.5) is 11.4 Å². The van der Waals surface area contributed by atoms with Gasteiger partial charge in [-0.05, 0) is 281 Å². The van der Waals surface area contributed by atoms with Crippen molar-refractivity contribution < 1.29 is 28.6 Å². The first-order valence-corrected chi connectivity index (χ1v) is 50.4. The predicted octanol–water partition coefficient (Wildman–Crippen LogP) is 33.3. The number of nitrogens with two attached hydrogens (primary N) is 1.